The monoisotopic (exact) mass is 304 g/mol. The quantitative estimate of drug-likeness (QED) is 0.715. The maximum Gasteiger partial charge on any atom is 0.0671 e. The average Bonchev–Trinajstić information content (AvgIpc) is 2.97. The van der Waals surface area contributed by atoms with Gasteiger partial charge in [-0.3, -0.25) is 0 Å². The first-order valence-electron chi connectivity index (χ1n) is 8.58. The molecule has 1 aromatic carbocycles. The van der Waals surface area contributed by atoms with Crippen molar-refractivity contribution in [3.8, 4) is 6.07 Å². The predicted molar refractivity (Wildman–Crippen MR) is 94.2 cm³/mol. The Morgan fingerprint density at radius 2 is 2.13 bits per heavy atom. The zero-order chi connectivity index (χ0) is 16.4. The standard InChI is InChI=1S/C21H24N2/c1-5-21(4)10-9-15-18(16(21)11-22)13-12-23-17-8-6-7-14(19(13)17)20(15,2)3/h5-8,12,15-16,18,23H,1,9-10H2,2-4H3/t15-,16+,18-,21+/m0/s1. The van der Waals surface area contributed by atoms with Crippen molar-refractivity contribution in [1.29, 1.82) is 5.26 Å². The van der Waals surface area contributed by atoms with E-state index in [1.807, 2.05) is 6.08 Å². The van der Waals surface area contributed by atoms with Crippen LogP contribution in [0.25, 0.3) is 10.9 Å². The number of nitriles is 1. The van der Waals surface area contributed by atoms with Crippen LogP contribution in [0.15, 0.2) is 37.1 Å². The van der Waals surface area contributed by atoms with E-state index in [1.165, 1.54) is 22.0 Å². The SMILES string of the molecule is C=C[C@]1(C)CC[C@H]2[C@H](c3c[nH]c4cccc(c34)C2(C)C)[C@H]1C#N. The summed E-state index contributed by atoms with van der Waals surface area (Å²) in [6.07, 6.45) is 6.38. The van der Waals surface area contributed by atoms with Crippen LogP contribution in [0.5, 0.6) is 0 Å². The van der Waals surface area contributed by atoms with Crippen molar-refractivity contribution in [3.63, 3.8) is 0 Å². The zero-order valence-electron chi connectivity index (χ0n) is 14.2. The predicted octanol–water partition coefficient (Wildman–Crippen LogP) is 5.28. The maximum atomic E-state index is 10.00. The summed E-state index contributed by atoms with van der Waals surface area (Å²) in [5.41, 5.74) is 3.98. The molecule has 118 valence electrons. The van der Waals surface area contributed by atoms with Gasteiger partial charge in [-0.2, -0.15) is 5.26 Å². The molecule has 1 heterocycles. The molecule has 2 heteroatoms. The van der Waals surface area contributed by atoms with E-state index in [4.69, 9.17) is 0 Å². The van der Waals surface area contributed by atoms with Gasteiger partial charge < -0.3 is 4.98 Å². The summed E-state index contributed by atoms with van der Waals surface area (Å²) in [6.45, 7) is 11.0. The van der Waals surface area contributed by atoms with E-state index < -0.39 is 0 Å². The number of hydrogen-bond donors (Lipinski definition) is 1. The van der Waals surface area contributed by atoms with Crippen LogP contribution in [0.4, 0.5) is 0 Å². The fourth-order valence-electron chi connectivity index (χ4n) is 5.32. The van der Waals surface area contributed by atoms with Crippen LogP contribution < -0.4 is 0 Å². The molecule has 2 aliphatic rings. The summed E-state index contributed by atoms with van der Waals surface area (Å²) in [6, 6.07) is 9.24. The van der Waals surface area contributed by atoms with E-state index in [0.29, 0.717) is 5.92 Å². The number of nitrogens with zero attached hydrogens (tertiary/aromatic N) is 1. The number of fused-ring (bicyclic) bond motifs is 2. The topological polar surface area (TPSA) is 39.6 Å². The molecular weight excluding hydrogens is 280 g/mol. The van der Waals surface area contributed by atoms with Crippen molar-refractivity contribution in [3.05, 3.63) is 48.2 Å². The first-order valence-corrected chi connectivity index (χ1v) is 8.58. The van der Waals surface area contributed by atoms with Crippen LogP contribution in [0.3, 0.4) is 0 Å². The minimum Gasteiger partial charge on any atom is -0.361 e. The molecule has 1 saturated carbocycles. The molecule has 0 saturated heterocycles. The Labute approximate surface area is 138 Å². The van der Waals surface area contributed by atoms with Crippen LogP contribution in [0, 0.1) is 28.6 Å². The highest BCUT2D eigenvalue weighted by molar-refractivity contribution is 5.89. The van der Waals surface area contributed by atoms with Crippen LogP contribution in [-0.2, 0) is 5.41 Å². The average molecular weight is 304 g/mol. The van der Waals surface area contributed by atoms with Gasteiger partial charge in [0.15, 0.2) is 0 Å². The molecular formula is C21H24N2. The number of aromatic amines is 1. The first kappa shape index (κ1) is 14.6. The maximum absolute atomic E-state index is 10.00. The van der Waals surface area contributed by atoms with Crippen molar-refractivity contribution in [2.24, 2.45) is 17.3 Å². The van der Waals surface area contributed by atoms with Gasteiger partial charge in [-0.05, 0) is 41.4 Å². The van der Waals surface area contributed by atoms with Crippen molar-refractivity contribution in [2.75, 3.05) is 0 Å². The molecule has 1 N–H and O–H groups in total. The third-order valence-electron chi connectivity index (χ3n) is 6.82. The van der Waals surface area contributed by atoms with Crippen LogP contribution in [0.2, 0.25) is 0 Å². The van der Waals surface area contributed by atoms with Gasteiger partial charge in [-0.25, -0.2) is 0 Å². The van der Waals surface area contributed by atoms with Gasteiger partial charge in [-0.1, -0.05) is 39.0 Å². The minimum absolute atomic E-state index is 0.00891. The van der Waals surface area contributed by atoms with E-state index >= 15 is 0 Å². The Hall–Kier alpha value is -2.01. The summed E-state index contributed by atoms with van der Waals surface area (Å²) in [5.74, 6) is 0.787. The molecule has 2 nitrogen and oxygen atoms in total. The normalized spacial score (nSPS) is 34.6. The van der Waals surface area contributed by atoms with Gasteiger partial charge in [0.05, 0.1) is 12.0 Å². The number of H-pyrrole nitrogens is 1. The molecule has 23 heavy (non-hydrogen) atoms. The highest BCUT2D eigenvalue weighted by Crippen LogP contribution is 2.61. The van der Waals surface area contributed by atoms with Gasteiger partial charge in [-0.15, -0.1) is 6.58 Å². The molecule has 4 atom stereocenters. The molecule has 0 bridgehead atoms. The minimum atomic E-state index is -0.0954. The lowest BCUT2D eigenvalue weighted by Crippen LogP contribution is -2.47. The summed E-state index contributed by atoms with van der Waals surface area (Å²) in [4.78, 5) is 3.45. The summed E-state index contributed by atoms with van der Waals surface area (Å²) < 4.78 is 0. The van der Waals surface area contributed by atoms with Crippen molar-refractivity contribution >= 4 is 10.9 Å². The second kappa shape index (κ2) is 4.51. The van der Waals surface area contributed by atoms with Crippen molar-refractivity contribution < 1.29 is 0 Å². The second-order valence-corrected chi connectivity index (χ2v) is 8.18. The van der Waals surface area contributed by atoms with E-state index in [1.54, 1.807) is 0 Å². The molecule has 0 radical (unpaired) electrons. The Kier molecular flexibility index (Phi) is 2.86. The number of rotatable bonds is 1. The molecule has 1 aromatic heterocycles. The fraction of sp³-hybridized carbons (Fsp3) is 0.476. The highest BCUT2D eigenvalue weighted by Gasteiger charge is 2.53. The van der Waals surface area contributed by atoms with Crippen molar-refractivity contribution in [2.45, 2.75) is 44.9 Å². The third kappa shape index (κ3) is 1.68. The summed E-state index contributed by atoms with van der Waals surface area (Å²) >= 11 is 0. The number of aromatic nitrogens is 1. The lowest BCUT2D eigenvalue weighted by atomic mass is 9.49. The molecule has 0 aliphatic heterocycles. The van der Waals surface area contributed by atoms with Crippen LogP contribution in [0.1, 0.15) is 50.7 Å². The lowest BCUT2D eigenvalue weighted by molar-refractivity contribution is 0.0875. The molecule has 1 fully saturated rings. The van der Waals surface area contributed by atoms with Gasteiger partial charge >= 0.3 is 0 Å². The molecule has 0 spiro atoms. The summed E-state index contributed by atoms with van der Waals surface area (Å²) in [7, 11) is 0. The lowest BCUT2D eigenvalue weighted by Gasteiger charge is -2.53. The van der Waals surface area contributed by atoms with E-state index in [9.17, 15) is 5.26 Å². The smallest absolute Gasteiger partial charge is 0.0671 e. The van der Waals surface area contributed by atoms with Gasteiger partial charge in [0.2, 0.25) is 0 Å². The van der Waals surface area contributed by atoms with Crippen LogP contribution >= 0.6 is 0 Å². The molecule has 0 amide bonds. The van der Waals surface area contributed by atoms with Gasteiger partial charge in [0.25, 0.3) is 0 Å². The highest BCUT2D eigenvalue weighted by atomic mass is 14.7. The second-order valence-electron chi connectivity index (χ2n) is 8.18. The number of nitrogens with one attached hydrogen (secondary N) is 1. The Morgan fingerprint density at radius 3 is 2.83 bits per heavy atom. The molecule has 0 unspecified atom stereocenters. The molecule has 2 aromatic rings. The van der Waals surface area contributed by atoms with Crippen molar-refractivity contribution in [1.82, 2.24) is 4.98 Å². The number of hydrogen-bond acceptors (Lipinski definition) is 1. The fourth-order valence-corrected chi connectivity index (χ4v) is 5.32. The summed E-state index contributed by atoms with van der Waals surface area (Å²) in [5, 5.41) is 11.4. The van der Waals surface area contributed by atoms with E-state index in [2.05, 4.69) is 62.8 Å². The van der Waals surface area contributed by atoms with E-state index in [0.717, 1.165) is 12.8 Å². The largest absolute Gasteiger partial charge is 0.361 e. The third-order valence-corrected chi connectivity index (χ3v) is 6.82. The number of benzene rings is 1. The Morgan fingerprint density at radius 1 is 1.35 bits per heavy atom. The van der Waals surface area contributed by atoms with Gasteiger partial charge in [0, 0.05) is 28.4 Å². The van der Waals surface area contributed by atoms with E-state index in [-0.39, 0.29) is 22.7 Å². The molecule has 2 aliphatic carbocycles. The first-order chi connectivity index (χ1) is 10.9. The van der Waals surface area contributed by atoms with Gasteiger partial charge in [0.1, 0.15) is 0 Å². The van der Waals surface area contributed by atoms with Crippen LogP contribution in [-0.4, -0.2) is 4.98 Å². The zero-order valence-corrected chi connectivity index (χ0v) is 14.2. The Bertz CT molecular complexity index is 835. The molecule has 4 rings (SSSR count). The number of allylic oxidation sites excluding steroid dienone is 1. The Balaban J connectivity index is 2.02.